The number of carbonyl (C=O) groups excluding carboxylic acids is 1. The molecule has 0 bridgehead atoms. The molecule has 4 nitrogen and oxygen atoms in total. The van der Waals surface area contributed by atoms with Gasteiger partial charge in [-0.2, -0.15) is 0 Å². The van der Waals surface area contributed by atoms with E-state index in [-0.39, 0.29) is 0 Å². The summed E-state index contributed by atoms with van der Waals surface area (Å²) in [6.45, 7) is 1.99. The number of rotatable bonds is 2. The summed E-state index contributed by atoms with van der Waals surface area (Å²) in [5.74, 6) is 0.424. The predicted octanol–water partition coefficient (Wildman–Crippen LogP) is 1.84. The number of halogens is 1. The van der Waals surface area contributed by atoms with Crippen LogP contribution in [0, 0.1) is 0 Å². The fourth-order valence-corrected chi connectivity index (χ4v) is 1.87. The molecule has 1 aromatic rings. The molecule has 0 N–H and O–H groups in total. The summed E-state index contributed by atoms with van der Waals surface area (Å²) in [4.78, 5) is 17.7. The maximum Gasteiger partial charge on any atom is 0.356 e. The first kappa shape index (κ1) is 10.4. The lowest BCUT2D eigenvalue weighted by Gasteiger charge is -2.32. The molecule has 0 aliphatic carbocycles. The third kappa shape index (κ3) is 1.97. The van der Waals surface area contributed by atoms with Gasteiger partial charge >= 0.3 is 5.97 Å². The Kier molecular flexibility index (Phi) is 2.90. The molecule has 2 heterocycles. The van der Waals surface area contributed by atoms with Crippen LogP contribution < -0.4 is 4.90 Å². The summed E-state index contributed by atoms with van der Waals surface area (Å²) < 4.78 is 5.54. The molecular weight excluding hydrogens is 260 g/mol. The third-order valence-electron chi connectivity index (χ3n) is 2.38. The van der Waals surface area contributed by atoms with Crippen molar-refractivity contribution in [2.24, 2.45) is 0 Å². The van der Waals surface area contributed by atoms with Crippen molar-refractivity contribution in [3.8, 4) is 0 Å². The Labute approximate surface area is 96.4 Å². The van der Waals surface area contributed by atoms with Crippen molar-refractivity contribution in [3.63, 3.8) is 0 Å². The van der Waals surface area contributed by atoms with Crippen LogP contribution in [-0.2, 0) is 4.74 Å². The smallest absolute Gasteiger partial charge is 0.356 e. The van der Waals surface area contributed by atoms with Crippen molar-refractivity contribution in [3.05, 3.63) is 22.3 Å². The number of nitrogens with zero attached hydrogens (tertiary/aromatic N) is 2. The van der Waals surface area contributed by atoms with E-state index in [9.17, 15) is 4.79 Å². The van der Waals surface area contributed by atoms with Gasteiger partial charge in [-0.3, -0.25) is 0 Å². The van der Waals surface area contributed by atoms with Gasteiger partial charge in [0.05, 0.1) is 11.6 Å². The number of carbonyl (C=O) groups is 1. The molecule has 0 saturated carbocycles. The Morgan fingerprint density at radius 2 is 2.27 bits per heavy atom. The van der Waals surface area contributed by atoms with E-state index >= 15 is 0 Å². The molecule has 1 fully saturated rings. The first-order chi connectivity index (χ1) is 7.22. The Morgan fingerprint density at radius 1 is 1.53 bits per heavy atom. The summed E-state index contributed by atoms with van der Waals surface area (Å²) in [7, 11) is 1.36. The van der Waals surface area contributed by atoms with Gasteiger partial charge in [-0.1, -0.05) is 0 Å². The molecule has 1 aromatic heterocycles. The van der Waals surface area contributed by atoms with Crippen LogP contribution >= 0.6 is 15.9 Å². The number of aromatic nitrogens is 1. The molecule has 15 heavy (non-hydrogen) atoms. The van der Waals surface area contributed by atoms with Crippen molar-refractivity contribution in [1.29, 1.82) is 0 Å². The van der Waals surface area contributed by atoms with E-state index in [1.807, 2.05) is 6.07 Å². The number of pyridine rings is 1. The fourth-order valence-electron chi connectivity index (χ4n) is 1.40. The second-order valence-electron chi connectivity index (χ2n) is 3.33. The van der Waals surface area contributed by atoms with Crippen LogP contribution in [0.2, 0.25) is 0 Å². The van der Waals surface area contributed by atoms with Crippen molar-refractivity contribution in [2.45, 2.75) is 6.42 Å². The Morgan fingerprint density at radius 3 is 2.80 bits per heavy atom. The lowest BCUT2D eigenvalue weighted by atomic mass is 10.2. The summed E-state index contributed by atoms with van der Waals surface area (Å²) in [5, 5.41) is 0. The number of methoxy groups -OCH3 is 1. The van der Waals surface area contributed by atoms with Crippen LogP contribution in [0.5, 0.6) is 0 Å². The highest BCUT2D eigenvalue weighted by atomic mass is 79.9. The van der Waals surface area contributed by atoms with Crippen molar-refractivity contribution in [1.82, 2.24) is 4.98 Å². The molecule has 0 radical (unpaired) electrons. The zero-order chi connectivity index (χ0) is 10.8. The van der Waals surface area contributed by atoms with E-state index in [0.717, 1.165) is 23.4 Å². The predicted molar refractivity (Wildman–Crippen MR) is 60.1 cm³/mol. The standard InChI is InChI=1S/C10H11BrN2O2/c1-15-10(14)8-4-3-7(11)9(12-8)13-5-2-6-13/h3-4H,2,5-6H2,1H3. The van der Waals surface area contributed by atoms with Gasteiger partial charge in [0.1, 0.15) is 5.82 Å². The van der Waals surface area contributed by atoms with Gasteiger partial charge in [-0.25, -0.2) is 9.78 Å². The minimum atomic E-state index is -0.399. The van der Waals surface area contributed by atoms with Gasteiger partial charge in [0.2, 0.25) is 0 Å². The van der Waals surface area contributed by atoms with Gasteiger partial charge < -0.3 is 9.64 Å². The van der Waals surface area contributed by atoms with E-state index in [4.69, 9.17) is 0 Å². The topological polar surface area (TPSA) is 42.4 Å². The number of anilines is 1. The SMILES string of the molecule is COC(=O)c1ccc(Br)c(N2CCC2)n1. The largest absolute Gasteiger partial charge is 0.464 e. The summed E-state index contributed by atoms with van der Waals surface area (Å²) >= 11 is 3.42. The average Bonchev–Trinajstić information content (AvgIpc) is 2.17. The van der Waals surface area contributed by atoms with E-state index in [1.54, 1.807) is 6.07 Å². The van der Waals surface area contributed by atoms with Gasteiger partial charge in [0.25, 0.3) is 0 Å². The molecular formula is C10H11BrN2O2. The molecule has 0 spiro atoms. The van der Waals surface area contributed by atoms with E-state index in [2.05, 4.69) is 30.6 Å². The molecule has 0 amide bonds. The molecule has 2 rings (SSSR count). The van der Waals surface area contributed by atoms with Crippen molar-refractivity contribution in [2.75, 3.05) is 25.1 Å². The first-order valence-electron chi connectivity index (χ1n) is 4.72. The summed E-state index contributed by atoms with van der Waals surface area (Å²) in [6.07, 6.45) is 1.18. The van der Waals surface area contributed by atoms with Gasteiger partial charge in [-0.15, -0.1) is 0 Å². The number of hydrogen-bond acceptors (Lipinski definition) is 4. The molecule has 0 unspecified atom stereocenters. The van der Waals surface area contributed by atoms with E-state index in [1.165, 1.54) is 13.5 Å². The number of esters is 1. The zero-order valence-corrected chi connectivity index (χ0v) is 9.95. The monoisotopic (exact) mass is 270 g/mol. The van der Waals surface area contributed by atoms with Gasteiger partial charge in [0, 0.05) is 13.1 Å². The maximum absolute atomic E-state index is 11.3. The second kappa shape index (κ2) is 4.18. The number of hydrogen-bond donors (Lipinski definition) is 0. The van der Waals surface area contributed by atoms with Crippen LogP contribution in [0.15, 0.2) is 16.6 Å². The molecule has 1 aliphatic rings. The second-order valence-corrected chi connectivity index (χ2v) is 4.19. The molecule has 0 aromatic carbocycles. The normalized spacial score (nSPS) is 14.7. The van der Waals surface area contributed by atoms with Crippen LogP contribution in [0.3, 0.4) is 0 Å². The maximum atomic E-state index is 11.3. The minimum absolute atomic E-state index is 0.350. The van der Waals surface area contributed by atoms with Crippen LogP contribution in [0.1, 0.15) is 16.9 Å². The van der Waals surface area contributed by atoms with Crippen LogP contribution in [0.25, 0.3) is 0 Å². The van der Waals surface area contributed by atoms with Crippen molar-refractivity contribution >= 4 is 27.7 Å². The fraction of sp³-hybridized carbons (Fsp3) is 0.400. The van der Waals surface area contributed by atoms with Crippen LogP contribution in [0.4, 0.5) is 5.82 Å². The Balaban J connectivity index is 2.31. The quantitative estimate of drug-likeness (QED) is 0.770. The summed E-state index contributed by atoms with van der Waals surface area (Å²) in [6, 6.07) is 3.48. The van der Waals surface area contributed by atoms with Crippen LogP contribution in [-0.4, -0.2) is 31.2 Å². The third-order valence-corrected chi connectivity index (χ3v) is 3.00. The highest BCUT2D eigenvalue weighted by molar-refractivity contribution is 9.10. The summed E-state index contributed by atoms with van der Waals surface area (Å²) in [5.41, 5.74) is 0.350. The molecule has 80 valence electrons. The van der Waals surface area contributed by atoms with Gasteiger partial charge in [-0.05, 0) is 34.5 Å². The van der Waals surface area contributed by atoms with Gasteiger partial charge in [0.15, 0.2) is 5.69 Å². The molecule has 0 atom stereocenters. The van der Waals surface area contributed by atoms with E-state index < -0.39 is 5.97 Å². The Bertz CT molecular complexity index is 391. The first-order valence-corrected chi connectivity index (χ1v) is 5.51. The van der Waals surface area contributed by atoms with E-state index in [0.29, 0.717) is 5.69 Å². The molecule has 1 aliphatic heterocycles. The lowest BCUT2D eigenvalue weighted by Crippen LogP contribution is -2.38. The lowest BCUT2D eigenvalue weighted by molar-refractivity contribution is 0.0594. The highest BCUT2D eigenvalue weighted by Gasteiger charge is 2.20. The Hall–Kier alpha value is -1.10. The zero-order valence-electron chi connectivity index (χ0n) is 8.36. The average molecular weight is 271 g/mol. The highest BCUT2D eigenvalue weighted by Crippen LogP contribution is 2.27. The molecule has 1 saturated heterocycles. The molecule has 5 heteroatoms. The minimum Gasteiger partial charge on any atom is -0.464 e. The number of ether oxygens (including phenoxy) is 1. The van der Waals surface area contributed by atoms with Crippen molar-refractivity contribution < 1.29 is 9.53 Å².